The van der Waals surface area contributed by atoms with Crippen LogP contribution in [-0.4, -0.2) is 34.4 Å². The van der Waals surface area contributed by atoms with E-state index in [-0.39, 0.29) is 17.4 Å². The molecule has 4 rings (SSSR count). The summed E-state index contributed by atoms with van der Waals surface area (Å²) in [6.45, 7) is 2.27. The second-order valence-electron chi connectivity index (χ2n) is 9.06. The van der Waals surface area contributed by atoms with Gasteiger partial charge in [0, 0.05) is 24.1 Å². The third-order valence-electron chi connectivity index (χ3n) is 6.42. The fraction of sp³-hybridized carbons (Fsp3) is 0.357. The molecule has 10 heteroatoms. The largest absolute Gasteiger partial charge is 0.494 e. The van der Waals surface area contributed by atoms with Gasteiger partial charge in [-0.15, -0.1) is 0 Å². The fourth-order valence-electron chi connectivity index (χ4n) is 4.61. The van der Waals surface area contributed by atoms with E-state index in [2.05, 4.69) is 15.3 Å². The Morgan fingerprint density at radius 2 is 1.82 bits per heavy atom. The van der Waals surface area contributed by atoms with Crippen LogP contribution in [0.2, 0.25) is 0 Å². The number of carbonyl (C=O) groups is 2. The normalized spacial score (nSPS) is 14.9. The van der Waals surface area contributed by atoms with E-state index >= 15 is 0 Å². The highest BCUT2D eigenvalue weighted by Crippen LogP contribution is 2.36. The van der Waals surface area contributed by atoms with Gasteiger partial charge >= 0.3 is 6.18 Å². The summed E-state index contributed by atoms with van der Waals surface area (Å²) in [6.07, 6.45) is 3.87. The molecule has 1 unspecified atom stereocenters. The number of carbonyl (C=O) groups excluding carboxylic acids is 2. The van der Waals surface area contributed by atoms with Crippen LogP contribution >= 0.6 is 0 Å². The van der Waals surface area contributed by atoms with Crippen molar-refractivity contribution >= 4 is 17.5 Å². The van der Waals surface area contributed by atoms with Crippen molar-refractivity contribution in [2.45, 2.75) is 57.3 Å². The van der Waals surface area contributed by atoms with Crippen LogP contribution in [0.3, 0.4) is 0 Å². The Morgan fingerprint density at radius 1 is 1.08 bits per heavy atom. The van der Waals surface area contributed by atoms with Crippen LogP contribution < -0.4 is 15.0 Å². The van der Waals surface area contributed by atoms with Gasteiger partial charge in [-0.1, -0.05) is 37.5 Å². The summed E-state index contributed by atoms with van der Waals surface area (Å²) in [7, 11) is 0. The lowest BCUT2D eigenvalue weighted by molar-refractivity contribution is -0.137. The van der Waals surface area contributed by atoms with Crippen LogP contribution in [0.1, 0.15) is 66.7 Å². The van der Waals surface area contributed by atoms with Gasteiger partial charge in [0.15, 0.2) is 0 Å². The third-order valence-corrected chi connectivity index (χ3v) is 6.42. The number of benzene rings is 2. The first-order chi connectivity index (χ1) is 18.3. The Balaban J connectivity index is 1.84. The molecule has 7 nitrogen and oxygen atoms in total. The second-order valence-corrected chi connectivity index (χ2v) is 9.06. The van der Waals surface area contributed by atoms with E-state index in [1.807, 2.05) is 6.92 Å². The summed E-state index contributed by atoms with van der Waals surface area (Å²) < 4.78 is 46.4. The number of aromatic nitrogens is 2. The van der Waals surface area contributed by atoms with Crippen LogP contribution in [-0.2, 0) is 11.0 Å². The quantitative estimate of drug-likeness (QED) is 0.405. The summed E-state index contributed by atoms with van der Waals surface area (Å²) in [5.74, 6) is -0.681. The molecule has 1 aliphatic rings. The molecule has 0 saturated heterocycles. The van der Waals surface area contributed by atoms with E-state index in [4.69, 9.17) is 4.74 Å². The van der Waals surface area contributed by atoms with Gasteiger partial charge in [-0.05, 0) is 55.7 Å². The predicted molar refractivity (Wildman–Crippen MR) is 136 cm³/mol. The molecule has 0 radical (unpaired) electrons. The average Bonchev–Trinajstić information content (AvgIpc) is 2.93. The highest BCUT2D eigenvalue weighted by Gasteiger charge is 2.37. The molecule has 1 heterocycles. The SMILES string of the molecule is CCOc1ccc(C(C(=O)NC2CCCCC2)N(C(=O)c2cnccn2)c2cccc(C(F)(F)F)c2)cc1. The molecule has 2 amide bonds. The van der Waals surface area contributed by atoms with E-state index in [0.29, 0.717) is 17.9 Å². The zero-order chi connectivity index (χ0) is 27.1. The minimum atomic E-state index is -4.64. The molecule has 0 aliphatic heterocycles. The summed E-state index contributed by atoms with van der Waals surface area (Å²) in [5.41, 5.74) is -0.721. The van der Waals surface area contributed by atoms with E-state index < -0.39 is 29.6 Å². The monoisotopic (exact) mass is 526 g/mol. The Labute approximate surface area is 219 Å². The standard InChI is InChI=1S/C28H29F3N4O3/c1-2-38-23-13-11-19(12-14-23)25(26(36)34-21-8-4-3-5-9-21)35(27(37)24-18-32-15-16-33-24)22-10-6-7-20(17-22)28(29,30)31/h6-7,10-18,21,25H,2-5,8-9H2,1H3,(H,34,36). The average molecular weight is 527 g/mol. The van der Waals surface area contributed by atoms with Gasteiger partial charge in [-0.3, -0.25) is 19.5 Å². The van der Waals surface area contributed by atoms with Crippen molar-refractivity contribution in [2.75, 3.05) is 11.5 Å². The smallest absolute Gasteiger partial charge is 0.416 e. The van der Waals surface area contributed by atoms with Crippen LogP contribution in [0, 0.1) is 0 Å². The van der Waals surface area contributed by atoms with Gasteiger partial charge in [0.25, 0.3) is 5.91 Å². The maximum Gasteiger partial charge on any atom is 0.416 e. The van der Waals surface area contributed by atoms with Gasteiger partial charge in [0.1, 0.15) is 17.5 Å². The number of nitrogens with zero attached hydrogens (tertiary/aromatic N) is 3. The Bertz CT molecular complexity index is 1230. The molecule has 0 spiro atoms. The van der Waals surface area contributed by atoms with Crippen molar-refractivity contribution in [3.05, 3.63) is 83.9 Å². The first-order valence-electron chi connectivity index (χ1n) is 12.6. The van der Waals surface area contributed by atoms with Crippen molar-refractivity contribution < 1.29 is 27.5 Å². The highest BCUT2D eigenvalue weighted by atomic mass is 19.4. The number of amides is 2. The maximum atomic E-state index is 13.9. The van der Waals surface area contributed by atoms with Crippen LogP contribution in [0.4, 0.5) is 18.9 Å². The summed E-state index contributed by atoms with van der Waals surface area (Å²) in [5, 5.41) is 3.04. The molecule has 1 saturated carbocycles. The third kappa shape index (κ3) is 6.48. The van der Waals surface area contributed by atoms with Gasteiger partial charge < -0.3 is 10.1 Å². The summed E-state index contributed by atoms with van der Waals surface area (Å²) in [4.78, 5) is 36.7. The number of halogens is 3. The van der Waals surface area contributed by atoms with Gasteiger partial charge in [-0.2, -0.15) is 13.2 Å². The van der Waals surface area contributed by atoms with Crippen LogP contribution in [0.5, 0.6) is 5.75 Å². The number of alkyl halides is 3. The van der Waals surface area contributed by atoms with Crippen molar-refractivity contribution in [1.82, 2.24) is 15.3 Å². The molecule has 2 aromatic carbocycles. The molecular weight excluding hydrogens is 497 g/mol. The number of rotatable bonds is 8. The lowest BCUT2D eigenvalue weighted by Crippen LogP contribution is -2.47. The zero-order valence-electron chi connectivity index (χ0n) is 20.9. The van der Waals surface area contributed by atoms with Crippen molar-refractivity contribution in [3.8, 4) is 5.75 Å². The molecular formula is C28H29F3N4O3. The number of anilines is 1. The Kier molecular flexibility index (Phi) is 8.60. The molecule has 200 valence electrons. The molecule has 1 fully saturated rings. The zero-order valence-corrected chi connectivity index (χ0v) is 20.9. The lowest BCUT2D eigenvalue weighted by atomic mass is 9.94. The van der Waals surface area contributed by atoms with E-state index in [1.54, 1.807) is 24.3 Å². The number of ether oxygens (including phenoxy) is 1. The molecule has 1 aromatic heterocycles. The topological polar surface area (TPSA) is 84.4 Å². The maximum absolute atomic E-state index is 13.9. The van der Waals surface area contributed by atoms with Crippen molar-refractivity contribution in [1.29, 1.82) is 0 Å². The first-order valence-corrected chi connectivity index (χ1v) is 12.6. The van der Waals surface area contributed by atoms with Crippen LogP contribution in [0.15, 0.2) is 67.1 Å². The lowest BCUT2D eigenvalue weighted by Gasteiger charge is -2.33. The van der Waals surface area contributed by atoms with Gasteiger partial charge in [-0.25, -0.2) is 4.98 Å². The molecule has 3 aromatic rings. The summed E-state index contributed by atoms with van der Waals surface area (Å²) in [6, 6.07) is 9.62. The number of hydrogen-bond donors (Lipinski definition) is 1. The molecule has 1 atom stereocenters. The minimum Gasteiger partial charge on any atom is -0.494 e. The minimum absolute atomic E-state index is 0.0866. The predicted octanol–water partition coefficient (Wildman–Crippen LogP) is 5.73. The highest BCUT2D eigenvalue weighted by molar-refractivity contribution is 6.09. The van der Waals surface area contributed by atoms with E-state index in [0.717, 1.165) is 49.1 Å². The molecule has 1 aliphatic carbocycles. The van der Waals surface area contributed by atoms with E-state index in [1.165, 1.54) is 30.7 Å². The second kappa shape index (κ2) is 12.1. The van der Waals surface area contributed by atoms with E-state index in [9.17, 15) is 22.8 Å². The molecule has 38 heavy (non-hydrogen) atoms. The van der Waals surface area contributed by atoms with Crippen molar-refractivity contribution in [3.63, 3.8) is 0 Å². The fourth-order valence-corrected chi connectivity index (χ4v) is 4.61. The van der Waals surface area contributed by atoms with Gasteiger partial charge in [0.05, 0.1) is 18.4 Å². The Morgan fingerprint density at radius 3 is 2.45 bits per heavy atom. The number of hydrogen-bond acceptors (Lipinski definition) is 5. The first kappa shape index (κ1) is 27.1. The molecule has 1 N–H and O–H groups in total. The van der Waals surface area contributed by atoms with Crippen LogP contribution in [0.25, 0.3) is 0 Å². The summed E-state index contributed by atoms with van der Waals surface area (Å²) >= 11 is 0. The molecule has 0 bridgehead atoms. The number of nitrogens with one attached hydrogen (secondary N) is 1. The Hall–Kier alpha value is -3.95. The van der Waals surface area contributed by atoms with Gasteiger partial charge in [0.2, 0.25) is 5.91 Å². The van der Waals surface area contributed by atoms with Crippen molar-refractivity contribution in [2.24, 2.45) is 0 Å².